The minimum absolute atomic E-state index is 0.0432. The summed E-state index contributed by atoms with van der Waals surface area (Å²) in [5.74, 6) is 1.11. The molecule has 0 radical (unpaired) electrons. The molecule has 0 bridgehead atoms. The highest BCUT2D eigenvalue weighted by Crippen LogP contribution is 2.24. The Morgan fingerprint density at radius 3 is 2.29 bits per heavy atom. The van der Waals surface area contributed by atoms with Gasteiger partial charge in [0.05, 0.1) is 29.3 Å². The lowest BCUT2D eigenvalue weighted by Crippen LogP contribution is -2.05. The van der Waals surface area contributed by atoms with Crippen molar-refractivity contribution in [1.82, 2.24) is 15.0 Å². The monoisotopic (exact) mass is 409 g/mol. The maximum Gasteiger partial charge on any atom is 0.197 e. The normalized spacial score (nSPS) is 11.0. The van der Waals surface area contributed by atoms with Crippen LogP contribution in [-0.4, -0.2) is 15.0 Å². The number of hydrogen-bond acceptors (Lipinski definition) is 7. The highest BCUT2D eigenvalue weighted by Gasteiger charge is 2.08. The van der Waals surface area contributed by atoms with Crippen LogP contribution < -0.4 is 27.5 Å². The lowest BCUT2D eigenvalue weighted by molar-refractivity contribution is 1.31. The molecule has 0 aliphatic rings. The maximum atomic E-state index is 13.1. The molecule has 7 N–H and O–H groups in total. The summed E-state index contributed by atoms with van der Waals surface area (Å²) in [6.07, 6.45) is 3.24. The molecule has 0 aliphatic carbocycles. The largest absolute Gasteiger partial charge is 0.397 e. The highest BCUT2D eigenvalue weighted by atomic mass is 16.1. The Morgan fingerprint density at radius 2 is 1.52 bits per heavy atom. The Hall–Kier alpha value is -4.59. The van der Waals surface area contributed by atoms with Gasteiger partial charge in [-0.2, -0.15) is 0 Å². The third-order valence-corrected chi connectivity index (χ3v) is 4.93. The second-order valence-electron chi connectivity index (χ2n) is 7.17. The number of anilines is 6. The van der Waals surface area contributed by atoms with Crippen LogP contribution in [0.1, 0.15) is 0 Å². The molecule has 0 saturated heterocycles. The summed E-state index contributed by atoms with van der Waals surface area (Å²) in [7, 11) is 0. The molecule has 8 heteroatoms. The first-order chi connectivity index (χ1) is 15.0. The smallest absolute Gasteiger partial charge is 0.197 e. The predicted molar refractivity (Wildman–Crippen MR) is 126 cm³/mol. The number of nitrogens with two attached hydrogens (primary N) is 2. The molecular weight excluding hydrogens is 390 g/mol. The highest BCUT2D eigenvalue weighted by molar-refractivity contribution is 5.95. The number of pyridine rings is 3. The van der Waals surface area contributed by atoms with Crippen LogP contribution in [0.2, 0.25) is 0 Å². The van der Waals surface area contributed by atoms with Gasteiger partial charge in [0.15, 0.2) is 5.43 Å². The van der Waals surface area contributed by atoms with E-state index in [9.17, 15) is 4.79 Å². The number of nitrogen functional groups attached to an aromatic ring is 2. The lowest BCUT2D eigenvalue weighted by atomic mass is 10.1. The number of fused-ring (bicyclic) bond motifs is 2. The predicted octanol–water partition coefficient (Wildman–Crippen LogP) is 4.12. The van der Waals surface area contributed by atoms with Crippen molar-refractivity contribution in [3.63, 3.8) is 0 Å². The molecule has 8 nitrogen and oxygen atoms in total. The molecule has 3 heterocycles. The van der Waals surface area contributed by atoms with Crippen LogP contribution in [-0.2, 0) is 0 Å². The quantitative estimate of drug-likeness (QED) is 0.282. The fourth-order valence-corrected chi connectivity index (χ4v) is 3.41. The maximum absolute atomic E-state index is 13.1. The zero-order valence-corrected chi connectivity index (χ0v) is 16.4. The topological polar surface area (TPSA) is 135 Å². The van der Waals surface area contributed by atoms with Crippen molar-refractivity contribution < 1.29 is 0 Å². The molecule has 5 aromatic rings. The molecule has 0 atom stereocenters. The van der Waals surface area contributed by atoms with Crippen LogP contribution in [0.5, 0.6) is 0 Å². The molecule has 0 spiro atoms. The Kier molecular flexibility index (Phi) is 4.37. The van der Waals surface area contributed by atoms with Crippen molar-refractivity contribution in [3.8, 4) is 0 Å². The van der Waals surface area contributed by atoms with E-state index in [0.717, 1.165) is 28.1 Å². The number of nitrogens with one attached hydrogen (secondary N) is 3. The summed E-state index contributed by atoms with van der Waals surface area (Å²) < 4.78 is 0. The van der Waals surface area contributed by atoms with Gasteiger partial charge in [-0.05, 0) is 60.7 Å². The second kappa shape index (κ2) is 7.34. The van der Waals surface area contributed by atoms with Crippen molar-refractivity contribution in [2.24, 2.45) is 0 Å². The van der Waals surface area contributed by atoms with Crippen molar-refractivity contribution >= 4 is 56.2 Å². The van der Waals surface area contributed by atoms with Gasteiger partial charge in [0.25, 0.3) is 0 Å². The van der Waals surface area contributed by atoms with Crippen LogP contribution in [0, 0.1) is 0 Å². The molecule has 3 aromatic heterocycles. The van der Waals surface area contributed by atoms with Gasteiger partial charge >= 0.3 is 0 Å². The van der Waals surface area contributed by atoms with Gasteiger partial charge in [-0.15, -0.1) is 0 Å². The van der Waals surface area contributed by atoms with E-state index >= 15 is 0 Å². The molecule has 5 rings (SSSR count). The van der Waals surface area contributed by atoms with Gasteiger partial charge in [-0.3, -0.25) is 4.79 Å². The first-order valence-corrected chi connectivity index (χ1v) is 9.62. The molecule has 31 heavy (non-hydrogen) atoms. The van der Waals surface area contributed by atoms with Crippen LogP contribution in [0.4, 0.5) is 34.4 Å². The second-order valence-corrected chi connectivity index (χ2v) is 7.17. The van der Waals surface area contributed by atoms with Gasteiger partial charge < -0.3 is 27.1 Å². The molecule has 152 valence electrons. The number of hydrogen-bond donors (Lipinski definition) is 5. The van der Waals surface area contributed by atoms with E-state index in [2.05, 4.69) is 25.6 Å². The van der Waals surface area contributed by atoms with E-state index in [4.69, 9.17) is 11.5 Å². The molecule has 0 saturated carbocycles. The van der Waals surface area contributed by atoms with E-state index in [1.165, 1.54) is 0 Å². The van der Waals surface area contributed by atoms with Crippen LogP contribution in [0.3, 0.4) is 0 Å². The van der Waals surface area contributed by atoms with Gasteiger partial charge in [0.2, 0.25) is 0 Å². The van der Waals surface area contributed by atoms with Crippen molar-refractivity contribution in [3.05, 3.63) is 83.3 Å². The number of nitrogens with zero attached hydrogens (tertiary/aromatic N) is 2. The van der Waals surface area contributed by atoms with E-state index in [0.29, 0.717) is 28.1 Å². The fraction of sp³-hybridized carbons (Fsp3) is 0. The third-order valence-electron chi connectivity index (χ3n) is 4.93. The molecule has 2 aromatic carbocycles. The molecule has 0 aliphatic heterocycles. The molecule has 0 amide bonds. The number of aromatic amines is 1. The third kappa shape index (κ3) is 3.69. The van der Waals surface area contributed by atoms with E-state index in [-0.39, 0.29) is 5.43 Å². The van der Waals surface area contributed by atoms with Crippen molar-refractivity contribution in [2.75, 3.05) is 22.1 Å². The van der Waals surface area contributed by atoms with Crippen LogP contribution in [0.25, 0.3) is 21.8 Å². The van der Waals surface area contributed by atoms with Crippen LogP contribution in [0.15, 0.2) is 77.9 Å². The summed E-state index contributed by atoms with van der Waals surface area (Å²) in [6, 6.07) is 18.3. The standard InChI is InChI=1S/C23H19N7O/c24-13-1-8-22(27-11-13)29-14-3-6-19-18(9-14)23(31)17-5-2-15(10-20(17)30-19)28-16-4-7-21(25)26-12-16/h1-12,28H,24H2,(H2,25,26)(H,27,29)(H,30,31). The SMILES string of the molecule is Nc1ccc(Nc2ccc3[nH]c4cc(Nc5ccc(N)nc5)ccc4c(=O)c3c2)nc1. The van der Waals surface area contributed by atoms with E-state index in [1.807, 2.05) is 42.5 Å². The minimum Gasteiger partial charge on any atom is -0.397 e. The van der Waals surface area contributed by atoms with E-state index in [1.54, 1.807) is 30.6 Å². The summed E-state index contributed by atoms with van der Waals surface area (Å²) in [5, 5.41) is 7.66. The number of H-pyrrole nitrogens is 1. The summed E-state index contributed by atoms with van der Waals surface area (Å²) >= 11 is 0. The van der Waals surface area contributed by atoms with Crippen LogP contribution >= 0.6 is 0 Å². The zero-order chi connectivity index (χ0) is 21.4. The van der Waals surface area contributed by atoms with E-state index < -0.39 is 0 Å². The molecule has 0 unspecified atom stereocenters. The average molecular weight is 409 g/mol. The summed E-state index contributed by atoms with van der Waals surface area (Å²) in [6.45, 7) is 0. The first kappa shape index (κ1) is 18.4. The Balaban J connectivity index is 1.50. The summed E-state index contributed by atoms with van der Waals surface area (Å²) in [4.78, 5) is 24.8. The molecular formula is C23H19N7O. The van der Waals surface area contributed by atoms with Crippen molar-refractivity contribution in [2.45, 2.75) is 0 Å². The average Bonchev–Trinajstić information content (AvgIpc) is 2.77. The number of rotatable bonds is 4. The minimum atomic E-state index is -0.0432. The van der Waals surface area contributed by atoms with Crippen molar-refractivity contribution in [1.29, 1.82) is 0 Å². The number of aromatic nitrogens is 3. The number of benzene rings is 2. The van der Waals surface area contributed by atoms with Gasteiger partial charge in [0, 0.05) is 27.7 Å². The Bertz CT molecular complexity index is 1460. The van der Waals surface area contributed by atoms with Gasteiger partial charge in [0.1, 0.15) is 11.6 Å². The molecule has 0 fully saturated rings. The first-order valence-electron chi connectivity index (χ1n) is 9.62. The van der Waals surface area contributed by atoms with Gasteiger partial charge in [-0.25, -0.2) is 9.97 Å². The lowest BCUT2D eigenvalue weighted by Gasteiger charge is -2.10. The Morgan fingerprint density at radius 1 is 0.710 bits per heavy atom. The Labute approximate surface area is 177 Å². The summed E-state index contributed by atoms with van der Waals surface area (Å²) in [5.41, 5.74) is 15.8. The fourth-order valence-electron chi connectivity index (χ4n) is 3.41. The van der Waals surface area contributed by atoms with Gasteiger partial charge in [-0.1, -0.05) is 0 Å². The zero-order valence-electron chi connectivity index (χ0n) is 16.4.